The van der Waals surface area contributed by atoms with E-state index in [1.165, 1.54) is 0 Å². The predicted molar refractivity (Wildman–Crippen MR) is 81.2 cm³/mol. The lowest BCUT2D eigenvalue weighted by molar-refractivity contribution is 0.478. The van der Waals surface area contributed by atoms with Crippen LogP contribution in [0.3, 0.4) is 0 Å². The smallest absolute Gasteiger partial charge is 0.131 e. The highest BCUT2D eigenvalue weighted by atomic mass is 32.2. The summed E-state index contributed by atoms with van der Waals surface area (Å²) in [4.78, 5) is 1.10. The van der Waals surface area contributed by atoms with Crippen molar-refractivity contribution in [2.75, 3.05) is 5.75 Å². The average Bonchev–Trinajstić information content (AvgIpc) is 2.45. The number of phenols is 2. The predicted octanol–water partition coefficient (Wildman–Crippen LogP) is 4.52. The molecule has 0 fully saturated rings. The van der Waals surface area contributed by atoms with Crippen molar-refractivity contribution in [2.45, 2.75) is 11.8 Å². The molecule has 0 radical (unpaired) electrons. The lowest BCUT2D eigenvalue weighted by Gasteiger charge is -2.10. The molecule has 0 spiro atoms. The van der Waals surface area contributed by atoms with Crippen molar-refractivity contribution < 1.29 is 10.2 Å². The first-order valence-corrected chi connectivity index (χ1v) is 7.20. The topological polar surface area (TPSA) is 40.5 Å². The third-order valence-electron chi connectivity index (χ3n) is 3.25. The van der Waals surface area contributed by atoms with Crippen LogP contribution in [0.5, 0.6) is 11.5 Å². The largest absolute Gasteiger partial charge is 0.507 e. The molecule has 0 unspecified atom stereocenters. The molecule has 3 aromatic rings. The molecule has 3 aromatic carbocycles. The minimum absolute atomic E-state index is 0.233. The van der Waals surface area contributed by atoms with E-state index in [2.05, 4.69) is 6.92 Å². The summed E-state index contributed by atoms with van der Waals surface area (Å²) in [6, 6.07) is 13.1. The highest BCUT2D eigenvalue weighted by molar-refractivity contribution is 7.99. The molecule has 0 amide bonds. The number of hydrogen-bond donors (Lipinski definition) is 2. The monoisotopic (exact) mass is 270 g/mol. The molecule has 0 bridgehead atoms. The van der Waals surface area contributed by atoms with Gasteiger partial charge in [-0.1, -0.05) is 31.2 Å². The summed E-state index contributed by atoms with van der Waals surface area (Å²) in [5.74, 6) is 1.45. The first-order valence-electron chi connectivity index (χ1n) is 6.21. The number of hydrogen-bond acceptors (Lipinski definition) is 3. The maximum Gasteiger partial charge on any atom is 0.131 e. The highest BCUT2D eigenvalue weighted by Crippen LogP contribution is 2.42. The standard InChI is InChI=1S/C16H14O2S/c1-2-19-10-7-8-13-14(9-10)16(18)12-6-4-3-5-11(12)15(13)17/h3-9,17-18H,2H2,1H3. The van der Waals surface area contributed by atoms with Gasteiger partial charge in [0.1, 0.15) is 11.5 Å². The lowest BCUT2D eigenvalue weighted by Crippen LogP contribution is -1.82. The molecule has 3 rings (SSSR count). The first-order chi connectivity index (χ1) is 9.22. The Morgan fingerprint density at radius 3 is 2.05 bits per heavy atom. The SMILES string of the molecule is CCSc1ccc2c(O)c3ccccc3c(O)c2c1. The molecule has 0 atom stereocenters. The molecular weight excluding hydrogens is 256 g/mol. The molecule has 0 aliphatic carbocycles. The third-order valence-corrected chi connectivity index (χ3v) is 4.13. The Hall–Kier alpha value is -1.87. The van der Waals surface area contributed by atoms with Gasteiger partial charge in [0.2, 0.25) is 0 Å². The second-order valence-corrected chi connectivity index (χ2v) is 5.72. The van der Waals surface area contributed by atoms with Crippen LogP contribution in [0.25, 0.3) is 21.5 Å². The number of aromatic hydroxyl groups is 2. The van der Waals surface area contributed by atoms with Crippen LogP contribution in [0.2, 0.25) is 0 Å². The van der Waals surface area contributed by atoms with Crippen molar-refractivity contribution in [1.82, 2.24) is 0 Å². The van der Waals surface area contributed by atoms with E-state index < -0.39 is 0 Å². The molecular formula is C16H14O2S. The molecule has 3 heteroatoms. The molecule has 96 valence electrons. The summed E-state index contributed by atoms with van der Waals surface area (Å²) in [5, 5.41) is 23.5. The van der Waals surface area contributed by atoms with Gasteiger partial charge >= 0.3 is 0 Å². The van der Waals surface area contributed by atoms with Gasteiger partial charge in [-0.2, -0.15) is 0 Å². The maximum absolute atomic E-state index is 10.4. The molecule has 2 nitrogen and oxygen atoms in total. The average molecular weight is 270 g/mol. The number of phenolic OH excluding ortho intramolecular Hbond substituents is 2. The molecule has 19 heavy (non-hydrogen) atoms. The fourth-order valence-corrected chi connectivity index (χ4v) is 3.07. The number of fused-ring (bicyclic) bond motifs is 2. The summed E-state index contributed by atoms with van der Waals surface area (Å²) in [6.07, 6.45) is 0. The number of thioether (sulfide) groups is 1. The maximum atomic E-state index is 10.4. The van der Waals surface area contributed by atoms with E-state index in [9.17, 15) is 10.2 Å². The van der Waals surface area contributed by atoms with E-state index in [1.807, 2.05) is 42.5 Å². The Balaban J connectivity index is 2.42. The zero-order valence-corrected chi connectivity index (χ0v) is 11.4. The second kappa shape index (κ2) is 4.67. The van der Waals surface area contributed by atoms with Crippen LogP contribution >= 0.6 is 11.8 Å². The van der Waals surface area contributed by atoms with Crippen molar-refractivity contribution in [3.8, 4) is 11.5 Å². The van der Waals surface area contributed by atoms with Gasteiger partial charge in [-0.15, -0.1) is 11.8 Å². The van der Waals surface area contributed by atoms with Crippen LogP contribution in [0.15, 0.2) is 47.4 Å². The van der Waals surface area contributed by atoms with Crippen molar-refractivity contribution in [2.24, 2.45) is 0 Å². The Morgan fingerprint density at radius 1 is 0.842 bits per heavy atom. The Morgan fingerprint density at radius 2 is 1.42 bits per heavy atom. The molecule has 0 aliphatic rings. The van der Waals surface area contributed by atoms with Crippen LogP contribution in [-0.4, -0.2) is 16.0 Å². The van der Waals surface area contributed by atoms with Crippen molar-refractivity contribution in [3.05, 3.63) is 42.5 Å². The van der Waals surface area contributed by atoms with Gasteiger partial charge in [0.15, 0.2) is 0 Å². The van der Waals surface area contributed by atoms with Crippen LogP contribution in [0, 0.1) is 0 Å². The molecule has 0 saturated carbocycles. The van der Waals surface area contributed by atoms with Crippen LogP contribution in [0.4, 0.5) is 0 Å². The summed E-state index contributed by atoms with van der Waals surface area (Å²) in [7, 11) is 0. The van der Waals surface area contributed by atoms with Gasteiger partial charge in [0, 0.05) is 26.4 Å². The Labute approximate surface area is 115 Å². The van der Waals surface area contributed by atoms with Crippen molar-refractivity contribution in [3.63, 3.8) is 0 Å². The lowest BCUT2D eigenvalue weighted by atomic mass is 10.0. The minimum atomic E-state index is 0.233. The van der Waals surface area contributed by atoms with E-state index >= 15 is 0 Å². The first kappa shape index (κ1) is 12.2. The summed E-state index contributed by atoms with van der Waals surface area (Å²) >= 11 is 1.72. The van der Waals surface area contributed by atoms with Crippen molar-refractivity contribution in [1.29, 1.82) is 0 Å². The molecule has 0 aliphatic heterocycles. The van der Waals surface area contributed by atoms with Gasteiger partial charge in [-0.3, -0.25) is 0 Å². The molecule has 0 aromatic heterocycles. The second-order valence-electron chi connectivity index (χ2n) is 4.38. The quantitative estimate of drug-likeness (QED) is 0.409. The Kier molecular flexibility index (Phi) is 2.99. The van der Waals surface area contributed by atoms with E-state index in [0.717, 1.165) is 10.6 Å². The summed E-state index contributed by atoms with van der Waals surface area (Å²) in [5.41, 5.74) is 0. The third kappa shape index (κ3) is 1.90. The number of rotatable bonds is 2. The van der Waals surface area contributed by atoms with Crippen LogP contribution in [0.1, 0.15) is 6.92 Å². The number of benzene rings is 3. The minimum Gasteiger partial charge on any atom is -0.507 e. The van der Waals surface area contributed by atoms with Crippen LogP contribution < -0.4 is 0 Å². The van der Waals surface area contributed by atoms with Gasteiger partial charge in [0.05, 0.1) is 0 Å². The van der Waals surface area contributed by atoms with Gasteiger partial charge in [-0.05, 0) is 24.0 Å². The Bertz CT molecular complexity index is 765. The van der Waals surface area contributed by atoms with Gasteiger partial charge < -0.3 is 10.2 Å². The van der Waals surface area contributed by atoms with Gasteiger partial charge in [-0.25, -0.2) is 0 Å². The molecule has 2 N–H and O–H groups in total. The van der Waals surface area contributed by atoms with E-state index in [1.54, 1.807) is 11.8 Å². The zero-order valence-electron chi connectivity index (χ0n) is 10.6. The summed E-state index contributed by atoms with van der Waals surface area (Å²) in [6.45, 7) is 2.09. The zero-order chi connectivity index (χ0) is 13.4. The van der Waals surface area contributed by atoms with Crippen LogP contribution in [-0.2, 0) is 0 Å². The molecule has 0 saturated heterocycles. The fraction of sp³-hybridized carbons (Fsp3) is 0.125. The van der Waals surface area contributed by atoms with E-state index in [0.29, 0.717) is 21.5 Å². The highest BCUT2D eigenvalue weighted by Gasteiger charge is 2.12. The molecule has 0 heterocycles. The fourth-order valence-electron chi connectivity index (χ4n) is 2.37. The normalized spacial score (nSPS) is 11.2. The van der Waals surface area contributed by atoms with E-state index in [4.69, 9.17) is 0 Å². The van der Waals surface area contributed by atoms with E-state index in [-0.39, 0.29) is 11.5 Å². The van der Waals surface area contributed by atoms with Gasteiger partial charge in [0.25, 0.3) is 0 Å². The van der Waals surface area contributed by atoms with Crippen molar-refractivity contribution >= 4 is 33.3 Å². The summed E-state index contributed by atoms with van der Waals surface area (Å²) < 4.78 is 0.